The van der Waals surface area contributed by atoms with E-state index in [-0.39, 0.29) is 17.6 Å². The van der Waals surface area contributed by atoms with Crippen LogP contribution in [0, 0.1) is 5.41 Å². The summed E-state index contributed by atoms with van der Waals surface area (Å²) in [6.45, 7) is 8.10. The molecule has 0 bridgehead atoms. The fraction of sp³-hybridized carbons (Fsp3) is 0.381. The van der Waals surface area contributed by atoms with Crippen molar-refractivity contribution in [1.29, 1.82) is 0 Å². The van der Waals surface area contributed by atoms with Crippen molar-refractivity contribution >= 4 is 17.7 Å². The van der Waals surface area contributed by atoms with Gasteiger partial charge in [-0.2, -0.15) is 0 Å². The van der Waals surface area contributed by atoms with Gasteiger partial charge < -0.3 is 15.2 Å². The highest BCUT2D eigenvalue weighted by Gasteiger charge is 2.39. The molecule has 26 heavy (non-hydrogen) atoms. The van der Waals surface area contributed by atoms with Crippen LogP contribution < -0.4 is 10.1 Å². The number of carbonyl (C=O) groups is 1. The van der Waals surface area contributed by atoms with Crippen LogP contribution in [-0.4, -0.2) is 17.3 Å². The monoisotopic (exact) mass is 373 g/mol. The molecule has 0 spiro atoms. The van der Waals surface area contributed by atoms with Crippen LogP contribution in [0.25, 0.3) is 11.1 Å². The summed E-state index contributed by atoms with van der Waals surface area (Å²) >= 11 is 6.37. The first kappa shape index (κ1) is 18.6. The second-order valence-corrected chi connectivity index (χ2v) is 8.18. The van der Waals surface area contributed by atoms with Gasteiger partial charge in [-0.25, -0.2) is 4.79 Å². The molecule has 0 saturated carbocycles. The fourth-order valence-electron chi connectivity index (χ4n) is 3.66. The van der Waals surface area contributed by atoms with Crippen LogP contribution in [0.1, 0.15) is 44.9 Å². The highest BCUT2D eigenvalue weighted by molar-refractivity contribution is 6.32. The third-order valence-corrected chi connectivity index (χ3v) is 5.07. The molecule has 3 rings (SSSR count). The van der Waals surface area contributed by atoms with Gasteiger partial charge in [0.25, 0.3) is 0 Å². The third kappa shape index (κ3) is 3.65. The Hall–Kier alpha value is -2.20. The SMILES string of the molecule is CC(C)Oc1ccc(-c2ccc3c(c2)CC(C)(C)C3NC(=O)O)cc1Cl. The normalized spacial score (nSPS) is 17.8. The van der Waals surface area contributed by atoms with E-state index < -0.39 is 6.09 Å². The maximum absolute atomic E-state index is 11.1. The first-order chi connectivity index (χ1) is 12.2. The zero-order valence-electron chi connectivity index (χ0n) is 15.5. The summed E-state index contributed by atoms with van der Waals surface area (Å²) in [7, 11) is 0. The van der Waals surface area contributed by atoms with Crippen molar-refractivity contribution in [1.82, 2.24) is 5.32 Å². The van der Waals surface area contributed by atoms with Gasteiger partial charge in [0.05, 0.1) is 17.2 Å². The summed E-state index contributed by atoms with van der Waals surface area (Å²) in [4.78, 5) is 11.1. The number of rotatable bonds is 4. The molecule has 0 fully saturated rings. The lowest BCUT2D eigenvalue weighted by atomic mass is 9.85. The van der Waals surface area contributed by atoms with E-state index in [1.54, 1.807) is 0 Å². The number of amides is 1. The molecule has 1 unspecified atom stereocenters. The second-order valence-electron chi connectivity index (χ2n) is 7.77. The average Bonchev–Trinajstić information content (AvgIpc) is 2.78. The summed E-state index contributed by atoms with van der Waals surface area (Å²) in [6.07, 6.45) is -0.101. The number of nitrogens with one attached hydrogen (secondary N) is 1. The number of ether oxygens (including phenoxy) is 1. The molecule has 1 aliphatic rings. The van der Waals surface area contributed by atoms with E-state index in [0.717, 1.165) is 23.1 Å². The van der Waals surface area contributed by atoms with Crippen LogP contribution in [0.2, 0.25) is 5.02 Å². The lowest BCUT2D eigenvalue weighted by Gasteiger charge is -2.27. The zero-order chi connectivity index (χ0) is 19.1. The van der Waals surface area contributed by atoms with Crippen LogP contribution >= 0.6 is 11.6 Å². The summed E-state index contributed by atoms with van der Waals surface area (Å²) in [6, 6.07) is 11.8. The van der Waals surface area contributed by atoms with Crippen LogP contribution in [0.3, 0.4) is 0 Å². The molecule has 1 amide bonds. The number of hydrogen-bond acceptors (Lipinski definition) is 2. The first-order valence-electron chi connectivity index (χ1n) is 8.76. The van der Waals surface area contributed by atoms with Gasteiger partial charge in [0, 0.05) is 0 Å². The van der Waals surface area contributed by atoms with E-state index in [0.29, 0.717) is 10.8 Å². The number of fused-ring (bicyclic) bond motifs is 1. The molecule has 0 radical (unpaired) electrons. The molecule has 0 saturated heterocycles. The Bertz CT molecular complexity index is 845. The molecule has 2 N–H and O–H groups in total. The minimum atomic E-state index is -0.993. The maximum Gasteiger partial charge on any atom is 0.405 e. The smallest absolute Gasteiger partial charge is 0.405 e. The van der Waals surface area contributed by atoms with E-state index in [9.17, 15) is 4.79 Å². The Morgan fingerprint density at radius 1 is 1.23 bits per heavy atom. The Labute approximate surface area is 159 Å². The summed E-state index contributed by atoms with van der Waals surface area (Å²) in [5.74, 6) is 0.679. The van der Waals surface area contributed by atoms with Gasteiger partial charge in [-0.05, 0) is 60.1 Å². The molecular weight excluding hydrogens is 350 g/mol. The van der Waals surface area contributed by atoms with E-state index in [4.69, 9.17) is 21.4 Å². The molecule has 0 aliphatic heterocycles. The van der Waals surface area contributed by atoms with E-state index >= 15 is 0 Å². The molecule has 5 heteroatoms. The van der Waals surface area contributed by atoms with E-state index in [1.807, 2.05) is 44.2 Å². The van der Waals surface area contributed by atoms with Crippen molar-refractivity contribution in [3.05, 3.63) is 52.5 Å². The molecule has 2 aromatic rings. The number of hydrogen-bond donors (Lipinski definition) is 2. The van der Waals surface area contributed by atoms with Crippen molar-refractivity contribution in [2.24, 2.45) is 5.41 Å². The zero-order valence-corrected chi connectivity index (χ0v) is 16.2. The summed E-state index contributed by atoms with van der Waals surface area (Å²) in [5, 5.41) is 12.4. The van der Waals surface area contributed by atoms with Gasteiger partial charge in [-0.1, -0.05) is 49.7 Å². The molecule has 4 nitrogen and oxygen atoms in total. The van der Waals surface area contributed by atoms with Crippen molar-refractivity contribution in [3.63, 3.8) is 0 Å². The van der Waals surface area contributed by atoms with E-state index in [2.05, 4.69) is 25.2 Å². The predicted molar refractivity (Wildman–Crippen MR) is 104 cm³/mol. The number of carboxylic acid groups (broad SMARTS) is 1. The van der Waals surface area contributed by atoms with Gasteiger partial charge in [-0.15, -0.1) is 0 Å². The Morgan fingerprint density at radius 3 is 2.50 bits per heavy atom. The van der Waals surface area contributed by atoms with Crippen LogP contribution in [0.15, 0.2) is 36.4 Å². The number of halogens is 1. The molecular formula is C21H24ClNO3. The molecule has 0 aromatic heterocycles. The Balaban J connectivity index is 1.93. The van der Waals surface area contributed by atoms with Gasteiger partial charge in [-0.3, -0.25) is 0 Å². The van der Waals surface area contributed by atoms with Gasteiger partial charge in [0.2, 0.25) is 0 Å². The minimum Gasteiger partial charge on any atom is -0.489 e. The highest BCUT2D eigenvalue weighted by atomic mass is 35.5. The molecule has 2 aromatic carbocycles. The topological polar surface area (TPSA) is 58.6 Å². The quantitative estimate of drug-likeness (QED) is 0.724. The first-order valence-corrected chi connectivity index (χ1v) is 9.14. The summed E-state index contributed by atoms with van der Waals surface area (Å²) in [5.41, 5.74) is 4.14. The van der Waals surface area contributed by atoms with Crippen molar-refractivity contribution < 1.29 is 14.6 Å². The third-order valence-electron chi connectivity index (χ3n) is 4.78. The largest absolute Gasteiger partial charge is 0.489 e. The predicted octanol–water partition coefficient (Wildman–Crippen LogP) is 5.69. The van der Waals surface area contributed by atoms with Gasteiger partial charge >= 0.3 is 6.09 Å². The lowest BCUT2D eigenvalue weighted by molar-refractivity contribution is 0.175. The van der Waals surface area contributed by atoms with Crippen molar-refractivity contribution in [3.8, 4) is 16.9 Å². The number of benzene rings is 2. The molecule has 138 valence electrons. The Morgan fingerprint density at radius 2 is 1.88 bits per heavy atom. The molecule has 1 aliphatic carbocycles. The van der Waals surface area contributed by atoms with Crippen molar-refractivity contribution in [2.45, 2.75) is 46.3 Å². The summed E-state index contributed by atoms with van der Waals surface area (Å²) < 4.78 is 5.69. The Kier molecular flexibility index (Phi) is 4.89. The molecule has 0 heterocycles. The van der Waals surface area contributed by atoms with Gasteiger partial charge in [0.1, 0.15) is 5.75 Å². The van der Waals surface area contributed by atoms with E-state index in [1.165, 1.54) is 5.56 Å². The van der Waals surface area contributed by atoms with Crippen LogP contribution in [0.4, 0.5) is 4.79 Å². The second kappa shape index (κ2) is 6.84. The maximum atomic E-state index is 11.1. The molecule has 1 atom stereocenters. The highest BCUT2D eigenvalue weighted by Crippen LogP contribution is 2.46. The fourth-order valence-corrected chi connectivity index (χ4v) is 3.89. The van der Waals surface area contributed by atoms with Crippen LogP contribution in [-0.2, 0) is 6.42 Å². The lowest BCUT2D eigenvalue weighted by Crippen LogP contribution is -2.34. The van der Waals surface area contributed by atoms with Gasteiger partial charge in [0.15, 0.2) is 0 Å². The standard InChI is InChI=1S/C21H24ClNO3/c1-12(2)26-18-8-6-14(10-17(18)22)13-5-7-16-15(9-13)11-21(3,4)19(16)23-20(24)25/h5-10,12,19,23H,11H2,1-4H3,(H,24,25). The van der Waals surface area contributed by atoms with Crippen molar-refractivity contribution in [2.75, 3.05) is 0 Å². The average molecular weight is 374 g/mol. The van der Waals surface area contributed by atoms with Crippen LogP contribution in [0.5, 0.6) is 5.75 Å². The minimum absolute atomic E-state index is 0.0687.